The lowest BCUT2D eigenvalue weighted by Crippen LogP contribution is -2.50. The highest BCUT2D eigenvalue weighted by atomic mass is 32.1. The first-order chi connectivity index (χ1) is 30.6. The average molecular weight is 888 g/mol. The molecule has 19 heteroatoms. The summed E-state index contributed by atoms with van der Waals surface area (Å²) in [5.74, 6) is 1.62. The molecule has 0 unspecified atom stereocenters. The molecule has 9 heterocycles. The van der Waals surface area contributed by atoms with Gasteiger partial charge in [0.05, 0.1) is 67.6 Å². The Morgan fingerprint density at radius 3 is 1.73 bits per heavy atom. The molecule has 17 nitrogen and oxygen atoms in total. The van der Waals surface area contributed by atoms with Gasteiger partial charge in [-0.25, -0.2) is 29.9 Å². The maximum atomic E-state index is 13.3. The van der Waals surface area contributed by atoms with Crippen molar-refractivity contribution in [2.75, 3.05) is 37.9 Å². The fourth-order valence-corrected chi connectivity index (χ4v) is 11.8. The number of aliphatic carboxylic acids is 1. The molecule has 1 amide bonds. The molecule has 6 aromatic heterocycles. The number of rotatable bonds is 8. The summed E-state index contributed by atoms with van der Waals surface area (Å²) in [5, 5.41) is 18.1. The fraction of sp³-hybridized carbons (Fsp3) is 0.409. The lowest BCUT2D eigenvalue weighted by molar-refractivity contribution is -0.147. The zero-order valence-corrected chi connectivity index (χ0v) is 36.8. The predicted octanol–water partition coefficient (Wildman–Crippen LogP) is 6.47. The number of ether oxygens (including phenoxy) is 3. The highest BCUT2D eigenvalue weighted by molar-refractivity contribution is 7.19. The van der Waals surface area contributed by atoms with Crippen LogP contribution in [0.5, 0.6) is 11.8 Å². The summed E-state index contributed by atoms with van der Waals surface area (Å²) in [4.78, 5) is 66.5. The van der Waals surface area contributed by atoms with Gasteiger partial charge in [0, 0.05) is 52.3 Å². The zero-order valence-electron chi connectivity index (χ0n) is 35.2. The van der Waals surface area contributed by atoms with Crippen molar-refractivity contribution in [3.63, 3.8) is 0 Å². The summed E-state index contributed by atoms with van der Waals surface area (Å²) in [6.45, 7) is 6.54. The molecule has 63 heavy (non-hydrogen) atoms. The van der Waals surface area contributed by atoms with E-state index >= 15 is 0 Å². The van der Waals surface area contributed by atoms with E-state index in [1.165, 1.54) is 16.8 Å². The minimum atomic E-state index is -0.733. The predicted molar refractivity (Wildman–Crippen MR) is 241 cm³/mol. The Balaban J connectivity index is 0.000000153. The smallest absolute Gasteiger partial charge is 0.306 e. The number of hydrogen-bond acceptors (Lipinski definition) is 17. The molecule has 3 aliphatic heterocycles. The number of hydrogen-bond donors (Lipinski definition) is 3. The molecule has 5 aliphatic rings. The monoisotopic (exact) mass is 887 g/mol. The third kappa shape index (κ3) is 7.82. The first kappa shape index (κ1) is 40.9. The Kier molecular flexibility index (Phi) is 10.9. The molecule has 0 spiro atoms. The molecule has 3 N–H and O–H groups in total. The van der Waals surface area contributed by atoms with E-state index in [-0.39, 0.29) is 30.0 Å². The Morgan fingerprint density at radius 1 is 0.746 bits per heavy atom. The van der Waals surface area contributed by atoms with Gasteiger partial charge in [0.25, 0.3) is 0 Å². The summed E-state index contributed by atoms with van der Waals surface area (Å²) < 4.78 is 16.8. The van der Waals surface area contributed by atoms with Crippen LogP contribution in [0, 0.1) is 11.8 Å². The lowest BCUT2D eigenvalue weighted by atomic mass is 9.86. The van der Waals surface area contributed by atoms with Gasteiger partial charge in [0.15, 0.2) is 0 Å². The van der Waals surface area contributed by atoms with Crippen LogP contribution in [0.3, 0.4) is 0 Å². The lowest BCUT2D eigenvalue weighted by Gasteiger charge is -2.37. The molecular weight excluding hydrogens is 843 g/mol. The Bertz CT molecular complexity index is 2850. The number of fused-ring (bicyclic) bond motifs is 8. The molecule has 0 aromatic carbocycles. The van der Waals surface area contributed by atoms with Crippen molar-refractivity contribution in [3.05, 3.63) is 68.2 Å². The van der Waals surface area contributed by atoms with Gasteiger partial charge >= 0.3 is 5.97 Å². The summed E-state index contributed by atoms with van der Waals surface area (Å²) in [5.41, 5.74) is 7.61. The van der Waals surface area contributed by atoms with Gasteiger partial charge in [0.2, 0.25) is 17.7 Å². The number of aromatic nitrogens is 6. The number of thiophene rings is 2. The van der Waals surface area contributed by atoms with E-state index in [1.54, 1.807) is 49.4 Å². The van der Waals surface area contributed by atoms with Crippen LogP contribution in [0.4, 0.5) is 23.0 Å². The van der Waals surface area contributed by atoms with Crippen molar-refractivity contribution >= 4 is 90.4 Å². The van der Waals surface area contributed by atoms with E-state index in [0.717, 1.165) is 84.2 Å². The van der Waals surface area contributed by atoms with Crippen LogP contribution >= 0.6 is 22.7 Å². The van der Waals surface area contributed by atoms with Crippen LogP contribution in [0.15, 0.2) is 34.8 Å². The summed E-state index contributed by atoms with van der Waals surface area (Å²) in [6.07, 6.45) is 11.2. The van der Waals surface area contributed by atoms with E-state index in [2.05, 4.69) is 50.5 Å². The molecule has 1 fully saturated rings. The number of nitrogens with zero attached hydrogens (tertiary/aromatic N) is 9. The highest BCUT2D eigenvalue weighted by Crippen LogP contribution is 2.43. The number of pyridine rings is 2. The number of aliphatic imine (C=N–C) groups is 2. The second kappa shape index (κ2) is 16.8. The molecule has 0 radical (unpaired) electrons. The molecule has 1 saturated heterocycles. The number of anilines is 4. The Labute approximate surface area is 370 Å². The number of amides is 1. The number of carbonyl (C=O) groups excluding carboxylic acids is 1. The molecule has 324 valence electrons. The van der Waals surface area contributed by atoms with Gasteiger partial charge in [-0.3, -0.25) is 19.6 Å². The van der Waals surface area contributed by atoms with E-state index in [0.29, 0.717) is 68.7 Å². The van der Waals surface area contributed by atoms with Gasteiger partial charge in [-0.1, -0.05) is 0 Å². The second-order valence-electron chi connectivity index (χ2n) is 16.4. The number of carboxylic acid groups (broad SMARTS) is 1. The van der Waals surface area contributed by atoms with E-state index in [4.69, 9.17) is 14.2 Å². The third-order valence-electron chi connectivity index (χ3n) is 12.2. The summed E-state index contributed by atoms with van der Waals surface area (Å²) in [7, 11) is 3.20. The number of nitrogens with one attached hydrogen (secondary N) is 2. The topological polar surface area (TPSA) is 211 Å². The third-order valence-corrected chi connectivity index (χ3v) is 14.5. The summed E-state index contributed by atoms with van der Waals surface area (Å²) in [6, 6.07) is 3.97. The number of aryl methyl sites for hydroxylation is 2. The van der Waals surface area contributed by atoms with Crippen LogP contribution in [0.1, 0.15) is 70.1 Å². The van der Waals surface area contributed by atoms with Gasteiger partial charge < -0.3 is 34.9 Å². The Hall–Kier alpha value is -6.18. The van der Waals surface area contributed by atoms with Crippen molar-refractivity contribution < 1.29 is 28.9 Å². The minimum absolute atomic E-state index is 0.00211. The molecular formula is C44H45N11O6S2. The first-order valence-corrected chi connectivity index (χ1v) is 22.6. The molecule has 0 saturated carbocycles. The quantitative estimate of drug-likeness (QED) is 0.150. The fourth-order valence-electron chi connectivity index (χ4n) is 9.23. The minimum Gasteiger partial charge on any atom is -0.481 e. The van der Waals surface area contributed by atoms with Gasteiger partial charge in [0.1, 0.15) is 45.3 Å². The van der Waals surface area contributed by atoms with Gasteiger partial charge in [-0.15, -0.1) is 22.7 Å². The number of methoxy groups -OCH3 is 2. The van der Waals surface area contributed by atoms with Crippen LogP contribution in [-0.2, 0) is 53.1 Å². The number of carbonyl (C=O) groups is 2. The normalized spacial score (nSPS) is 20.7. The van der Waals surface area contributed by atoms with Crippen molar-refractivity contribution in [1.82, 2.24) is 34.8 Å². The van der Waals surface area contributed by atoms with Crippen molar-refractivity contribution in [1.29, 1.82) is 0 Å². The van der Waals surface area contributed by atoms with E-state index in [1.807, 2.05) is 37.1 Å². The van der Waals surface area contributed by atoms with Crippen molar-refractivity contribution in [2.24, 2.45) is 21.8 Å². The first-order valence-electron chi connectivity index (χ1n) is 21.0. The standard InChI is InChI=1S/C25H28N6O3S.C19H17N5O3S/c1-13-10-31(11-14(2)34-13)25(32)15-4-5-17-20(7-15)35-24-21(17)22(27-12-28-24)29-18-6-16-8-26-9-19(16)30-23(18)33-3;1-27-17-12(4-10-6-20-7-13(10)24-17)23-16-15-11-3-2-9(19(25)26)5-14(11)28-18(15)22-8-21-16/h6,8,12-15H,4-5,7,9-11H2,1-3H3,(H,27,28,29);4,6,8-9H,2-3,5,7H2,1H3,(H,25,26)(H,21,22,23)/t13-,14+,15-;9-/m00/s1. The van der Waals surface area contributed by atoms with Gasteiger partial charge in [-0.05, 0) is 75.6 Å². The maximum Gasteiger partial charge on any atom is 0.306 e. The molecule has 11 rings (SSSR count). The molecule has 0 bridgehead atoms. The largest absolute Gasteiger partial charge is 0.481 e. The van der Waals surface area contributed by atoms with Crippen molar-refractivity contribution in [3.8, 4) is 11.8 Å². The molecule has 6 aromatic rings. The van der Waals surface area contributed by atoms with E-state index < -0.39 is 5.97 Å². The van der Waals surface area contributed by atoms with Gasteiger partial charge in [-0.2, -0.15) is 0 Å². The maximum absolute atomic E-state index is 13.3. The van der Waals surface area contributed by atoms with Crippen molar-refractivity contribution in [2.45, 2.75) is 77.7 Å². The second-order valence-corrected chi connectivity index (χ2v) is 18.5. The summed E-state index contributed by atoms with van der Waals surface area (Å²) >= 11 is 3.22. The van der Waals surface area contributed by atoms with Crippen LogP contribution in [0.25, 0.3) is 20.4 Å². The molecule has 2 aliphatic carbocycles. The zero-order chi connectivity index (χ0) is 43.4. The van der Waals surface area contributed by atoms with E-state index in [9.17, 15) is 14.7 Å². The SMILES string of the molecule is COc1nc2c(cc1Nc1ncnc3sc4c(c13)CC[C@H](C(=O)N1C[C@@H](C)O[C@@H](C)C1)C4)C=NC2.COc1nc2c(cc1Nc1ncnc3sc4c(c13)CC[C@H](C(=O)O)C4)C=NC2. The van der Waals surface area contributed by atoms with Crippen LogP contribution in [0.2, 0.25) is 0 Å². The number of carboxylic acids is 1. The number of morpholine rings is 1. The average Bonchev–Trinajstić information content (AvgIpc) is 4.10. The molecule has 4 atom stereocenters. The Morgan fingerprint density at radius 2 is 1.24 bits per heavy atom. The highest BCUT2D eigenvalue weighted by Gasteiger charge is 2.35. The van der Waals surface area contributed by atoms with Crippen LogP contribution in [-0.4, -0.2) is 104 Å². The van der Waals surface area contributed by atoms with Crippen LogP contribution < -0.4 is 20.1 Å².